The van der Waals surface area contributed by atoms with Gasteiger partial charge in [0, 0.05) is 12.8 Å². The average molecular weight is 303 g/mol. The van der Waals surface area contributed by atoms with E-state index in [-0.39, 0.29) is 11.2 Å². The first-order valence-electron chi connectivity index (χ1n) is 9.22. The summed E-state index contributed by atoms with van der Waals surface area (Å²) in [7, 11) is 0. The number of Topliss-reactive ketones (excluding diaryl/α,β-unsaturated/α-hetero) is 1. The smallest absolute Gasteiger partial charge is 0.180 e. The van der Waals surface area contributed by atoms with Crippen LogP contribution in [0.25, 0.3) is 0 Å². The van der Waals surface area contributed by atoms with E-state index in [1.807, 2.05) is 0 Å². The summed E-state index contributed by atoms with van der Waals surface area (Å²) in [5.41, 5.74) is 1.21. The quantitative estimate of drug-likeness (QED) is 0.531. The van der Waals surface area contributed by atoms with Gasteiger partial charge in [-0.25, -0.2) is 0 Å². The highest BCUT2D eigenvalue weighted by atomic mass is 16.4. The Hall–Kier alpha value is -0.860. The molecule has 4 fully saturated rings. The number of nitrogens with zero attached hydrogens (tertiary/aromatic N) is 1. The van der Waals surface area contributed by atoms with Gasteiger partial charge in [0.25, 0.3) is 0 Å². The summed E-state index contributed by atoms with van der Waals surface area (Å²) in [5, 5.41) is 12.6. The minimum absolute atomic E-state index is 0.0879. The predicted molar refractivity (Wildman–Crippen MR) is 86.0 cm³/mol. The largest absolute Gasteiger partial charge is 0.411 e. The summed E-state index contributed by atoms with van der Waals surface area (Å²) in [6.07, 6.45) is 10.8. The SMILES string of the molecule is C[C@]12CCC[C@@H]1[C@@H]1CC[C@H]3CC(=O)/C(=N/O)C[C@@]3(C)[C@H]1CC2. The van der Waals surface area contributed by atoms with Crippen LogP contribution in [0.3, 0.4) is 0 Å². The van der Waals surface area contributed by atoms with Gasteiger partial charge in [0.1, 0.15) is 5.71 Å². The maximum Gasteiger partial charge on any atom is 0.180 e. The molecule has 0 aromatic heterocycles. The molecule has 6 atom stereocenters. The molecule has 0 amide bonds. The van der Waals surface area contributed by atoms with Crippen molar-refractivity contribution in [1.29, 1.82) is 0 Å². The van der Waals surface area contributed by atoms with E-state index >= 15 is 0 Å². The van der Waals surface area contributed by atoms with Crippen molar-refractivity contribution in [2.75, 3.05) is 0 Å². The van der Waals surface area contributed by atoms with Gasteiger partial charge in [0.15, 0.2) is 5.78 Å². The molecule has 4 rings (SSSR count). The molecule has 0 aliphatic heterocycles. The standard InChI is InChI=1S/C19H29NO2/c1-18-8-3-4-14(18)13-6-5-12-10-17(21)16(20-22)11-19(12,2)15(13)7-9-18/h12-15,22H,3-11H2,1-2H3/b20-16+/t12-,13-,14+,15-,18+,19+/m0/s1. The molecule has 3 heteroatoms. The van der Waals surface area contributed by atoms with Crippen molar-refractivity contribution >= 4 is 11.5 Å². The second-order valence-corrected chi connectivity index (χ2v) is 9.09. The lowest BCUT2D eigenvalue weighted by atomic mass is 9.45. The molecule has 0 heterocycles. The number of oxime groups is 1. The van der Waals surface area contributed by atoms with Crippen LogP contribution < -0.4 is 0 Å². The lowest BCUT2D eigenvalue weighted by Gasteiger charge is -2.59. The van der Waals surface area contributed by atoms with Crippen molar-refractivity contribution in [1.82, 2.24) is 0 Å². The Bertz CT molecular complexity index is 528. The summed E-state index contributed by atoms with van der Waals surface area (Å²) in [6.45, 7) is 4.92. The molecule has 4 aliphatic carbocycles. The Labute approximate surface area is 133 Å². The fourth-order valence-electron chi connectivity index (χ4n) is 7.03. The zero-order valence-electron chi connectivity index (χ0n) is 14.0. The highest BCUT2D eigenvalue weighted by molar-refractivity contribution is 6.40. The second kappa shape index (κ2) is 4.82. The minimum atomic E-state index is 0.0879. The van der Waals surface area contributed by atoms with Gasteiger partial charge >= 0.3 is 0 Å². The van der Waals surface area contributed by atoms with Crippen LogP contribution in [0.1, 0.15) is 71.6 Å². The predicted octanol–water partition coefficient (Wildman–Crippen LogP) is 4.43. The maximum atomic E-state index is 12.1. The molecule has 0 aromatic carbocycles. The van der Waals surface area contributed by atoms with Gasteiger partial charge in [-0.05, 0) is 73.0 Å². The number of carbonyl (C=O) groups is 1. The zero-order chi connectivity index (χ0) is 15.5. The van der Waals surface area contributed by atoms with Gasteiger partial charge in [-0.3, -0.25) is 4.79 Å². The Morgan fingerprint density at radius 3 is 2.68 bits per heavy atom. The Kier molecular flexibility index (Phi) is 3.22. The third-order valence-corrected chi connectivity index (χ3v) is 8.27. The van der Waals surface area contributed by atoms with Crippen LogP contribution in [0.15, 0.2) is 5.16 Å². The molecule has 0 aromatic rings. The molecule has 0 spiro atoms. The fraction of sp³-hybridized carbons (Fsp3) is 0.895. The minimum Gasteiger partial charge on any atom is -0.411 e. The molecular formula is C19H29NO2. The molecule has 4 saturated carbocycles. The molecule has 0 bridgehead atoms. The zero-order valence-corrected chi connectivity index (χ0v) is 14.0. The van der Waals surface area contributed by atoms with Crippen LogP contribution in [0.5, 0.6) is 0 Å². The van der Waals surface area contributed by atoms with Gasteiger partial charge in [-0.1, -0.05) is 25.4 Å². The highest BCUT2D eigenvalue weighted by Crippen LogP contribution is 2.65. The van der Waals surface area contributed by atoms with Crippen LogP contribution in [-0.2, 0) is 4.79 Å². The molecular weight excluding hydrogens is 274 g/mol. The summed E-state index contributed by atoms with van der Waals surface area (Å²) in [5.74, 6) is 3.07. The van der Waals surface area contributed by atoms with Crippen molar-refractivity contribution in [2.45, 2.75) is 71.6 Å². The van der Waals surface area contributed by atoms with Crippen LogP contribution >= 0.6 is 0 Å². The Balaban J connectivity index is 1.66. The van der Waals surface area contributed by atoms with Crippen molar-refractivity contribution in [3.8, 4) is 0 Å². The summed E-state index contributed by atoms with van der Waals surface area (Å²) >= 11 is 0. The third kappa shape index (κ3) is 1.86. The maximum absolute atomic E-state index is 12.1. The van der Waals surface area contributed by atoms with Gasteiger partial charge in [-0.15, -0.1) is 0 Å². The molecule has 3 nitrogen and oxygen atoms in total. The number of ketones is 1. The number of carbonyl (C=O) groups excluding carboxylic acids is 1. The molecule has 22 heavy (non-hydrogen) atoms. The molecule has 122 valence electrons. The van der Waals surface area contributed by atoms with Crippen molar-refractivity contribution < 1.29 is 10.0 Å². The van der Waals surface area contributed by atoms with E-state index in [1.165, 1.54) is 44.9 Å². The van der Waals surface area contributed by atoms with Crippen LogP contribution in [-0.4, -0.2) is 16.7 Å². The lowest BCUT2D eigenvalue weighted by molar-refractivity contribution is -0.125. The lowest BCUT2D eigenvalue weighted by Crippen LogP contribution is -2.54. The van der Waals surface area contributed by atoms with E-state index in [0.29, 0.717) is 29.9 Å². The van der Waals surface area contributed by atoms with Gasteiger partial charge in [-0.2, -0.15) is 0 Å². The normalized spacial score (nSPS) is 53.0. The first-order valence-corrected chi connectivity index (χ1v) is 9.22. The van der Waals surface area contributed by atoms with E-state index in [2.05, 4.69) is 19.0 Å². The third-order valence-electron chi connectivity index (χ3n) is 8.27. The number of fused-ring (bicyclic) bond motifs is 5. The van der Waals surface area contributed by atoms with Crippen LogP contribution in [0.4, 0.5) is 0 Å². The fourth-order valence-corrected chi connectivity index (χ4v) is 7.03. The van der Waals surface area contributed by atoms with Crippen molar-refractivity contribution in [3.63, 3.8) is 0 Å². The van der Waals surface area contributed by atoms with Crippen molar-refractivity contribution in [2.24, 2.45) is 39.7 Å². The monoisotopic (exact) mass is 303 g/mol. The van der Waals surface area contributed by atoms with Gasteiger partial charge in [0.2, 0.25) is 0 Å². The van der Waals surface area contributed by atoms with Crippen molar-refractivity contribution in [3.05, 3.63) is 0 Å². The Morgan fingerprint density at radius 2 is 1.91 bits per heavy atom. The molecule has 4 aliphatic rings. The molecule has 0 unspecified atom stereocenters. The van der Waals surface area contributed by atoms with Gasteiger partial charge < -0.3 is 5.21 Å². The van der Waals surface area contributed by atoms with E-state index in [1.54, 1.807) is 0 Å². The molecule has 0 saturated heterocycles. The topological polar surface area (TPSA) is 49.7 Å². The summed E-state index contributed by atoms with van der Waals surface area (Å²) in [6, 6.07) is 0. The van der Waals surface area contributed by atoms with E-state index < -0.39 is 0 Å². The first-order chi connectivity index (χ1) is 10.5. The van der Waals surface area contributed by atoms with Crippen LogP contribution in [0.2, 0.25) is 0 Å². The summed E-state index contributed by atoms with van der Waals surface area (Å²) in [4.78, 5) is 12.1. The molecule has 0 radical (unpaired) electrons. The number of hydrogen-bond acceptors (Lipinski definition) is 3. The highest BCUT2D eigenvalue weighted by Gasteiger charge is 2.58. The number of rotatable bonds is 0. The number of hydrogen-bond donors (Lipinski definition) is 1. The van der Waals surface area contributed by atoms with E-state index in [9.17, 15) is 10.0 Å². The Morgan fingerprint density at radius 1 is 1.09 bits per heavy atom. The van der Waals surface area contributed by atoms with Crippen LogP contribution in [0, 0.1) is 34.5 Å². The molecule has 1 N–H and O–H groups in total. The summed E-state index contributed by atoms with van der Waals surface area (Å²) < 4.78 is 0. The van der Waals surface area contributed by atoms with Gasteiger partial charge in [0.05, 0.1) is 0 Å². The van der Waals surface area contributed by atoms with E-state index in [0.717, 1.165) is 17.8 Å². The van der Waals surface area contributed by atoms with E-state index in [4.69, 9.17) is 0 Å². The second-order valence-electron chi connectivity index (χ2n) is 9.09. The average Bonchev–Trinajstić information content (AvgIpc) is 2.89. The first kappa shape index (κ1) is 14.7.